The maximum Gasteiger partial charge on any atom is 0.246 e. The third-order valence-electron chi connectivity index (χ3n) is 1.76. The lowest BCUT2D eigenvalue weighted by Gasteiger charge is -2.16. The fourth-order valence-corrected chi connectivity index (χ4v) is 1.31. The normalized spacial score (nSPS) is 12.6. The molecule has 1 amide bonds. The molecule has 1 aromatic rings. The molecule has 0 aliphatic heterocycles. The van der Waals surface area contributed by atoms with Gasteiger partial charge in [0.2, 0.25) is 5.91 Å². The second-order valence-corrected chi connectivity index (χ2v) is 3.96. The van der Waals surface area contributed by atoms with Crippen LogP contribution in [0.3, 0.4) is 0 Å². The first-order valence-corrected chi connectivity index (χ1v) is 4.72. The summed E-state index contributed by atoms with van der Waals surface area (Å²) < 4.78 is 2.51. The Morgan fingerprint density at radius 1 is 1.69 bits per heavy atom. The Kier molecular flexibility index (Phi) is 3.08. The summed E-state index contributed by atoms with van der Waals surface area (Å²) in [6, 6.07) is -0.249. The van der Waals surface area contributed by atoms with E-state index in [4.69, 9.17) is 0 Å². The van der Waals surface area contributed by atoms with Gasteiger partial charge in [-0.25, -0.2) is 0 Å². The van der Waals surface area contributed by atoms with Gasteiger partial charge < -0.3 is 4.90 Å². The van der Waals surface area contributed by atoms with Crippen LogP contribution in [0.15, 0.2) is 16.9 Å². The quantitative estimate of drug-likeness (QED) is 0.788. The van der Waals surface area contributed by atoms with Crippen molar-refractivity contribution in [3.8, 4) is 0 Å². The number of likely N-dealkylation sites (N-methyl/N-ethyl adjacent to an activating group) is 1. The molecule has 0 spiro atoms. The van der Waals surface area contributed by atoms with Gasteiger partial charge in [-0.3, -0.25) is 9.48 Å². The van der Waals surface area contributed by atoms with Gasteiger partial charge in [-0.05, 0) is 22.9 Å². The number of nitrogens with zero attached hydrogens (tertiary/aromatic N) is 3. The molecule has 0 N–H and O–H groups in total. The van der Waals surface area contributed by atoms with E-state index in [0.29, 0.717) is 0 Å². The van der Waals surface area contributed by atoms with Crippen LogP contribution in [0.2, 0.25) is 0 Å². The van der Waals surface area contributed by atoms with E-state index in [0.717, 1.165) is 4.47 Å². The van der Waals surface area contributed by atoms with Crippen molar-refractivity contribution in [1.29, 1.82) is 0 Å². The largest absolute Gasteiger partial charge is 0.347 e. The van der Waals surface area contributed by atoms with Crippen LogP contribution in [0.25, 0.3) is 0 Å². The molecule has 1 aromatic heterocycles. The van der Waals surface area contributed by atoms with Crippen LogP contribution in [-0.4, -0.2) is 34.7 Å². The summed E-state index contributed by atoms with van der Waals surface area (Å²) in [5.41, 5.74) is 0. The van der Waals surface area contributed by atoms with Gasteiger partial charge in [0.05, 0.1) is 10.7 Å². The second kappa shape index (κ2) is 3.91. The van der Waals surface area contributed by atoms with Crippen molar-refractivity contribution in [3.05, 3.63) is 16.9 Å². The van der Waals surface area contributed by atoms with Crippen LogP contribution >= 0.6 is 15.9 Å². The predicted octanol–water partition coefficient (Wildman–Crippen LogP) is 1.29. The van der Waals surface area contributed by atoms with E-state index in [1.165, 1.54) is 0 Å². The predicted molar refractivity (Wildman–Crippen MR) is 53.3 cm³/mol. The van der Waals surface area contributed by atoms with Crippen LogP contribution in [0.5, 0.6) is 0 Å². The minimum atomic E-state index is -0.249. The molecule has 13 heavy (non-hydrogen) atoms. The van der Waals surface area contributed by atoms with Gasteiger partial charge in [0, 0.05) is 20.3 Å². The second-order valence-electron chi connectivity index (χ2n) is 3.05. The lowest BCUT2D eigenvalue weighted by atomic mass is 10.3. The van der Waals surface area contributed by atoms with Gasteiger partial charge in [0.15, 0.2) is 0 Å². The van der Waals surface area contributed by atoms with Crippen molar-refractivity contribution in [2.24, 2.45) is 0 Å². The first-order chi connectivity index (χ1) is 6.02. The number of halogens is 1. The Bertz CT molecular complexity index is 308. The summed E-state index contributed by atoms with van der Waals surface area (Å²) in [6.45, 7) is 1.82. The molecular formula is C8H12BrN3O. The van der Waals surface area contributed by atoms with E-state index < -0.39 is 0 Å². The molecule has 5 heteroatoms. The number of rotatable bonds is 2. The molecule has 0 radical (unpaired) electrons. The average molecular weight is 246 g/mol. The van der Waals surface area contributed by atoms with Crippen molar-refractivity contribution >= 4 is 21.8 Å². The molecule has 0 fully saturated rings. The number of hydrogen-bond donors (Lipinski definition) is 0. The Morgan fingerprint density at radius 3 is 2.69 bits per heavy atom. The molecule has 72 valence electrons. The monoisotopic (exact) mass is 245 g/mol. The molecule has 1 heterocycles. The molecule has 1 rings (SSSR count). The lowest BCUT2D eigenvalue weighted by Crippen LogP contribution is -2.30. The van der Waals surface area contributed by atoms with E-state index in [1.807, 2.05) is 6.92 Å². The molecular weight excluding hydrogens is 234 g/mol. The molecule has 4 nitrogen and oxygen atoms in total. The van der Waals surface area contributed by atoms with Gasteiger partial charge in [-0.15, -0.1) is 0 Å². The summed E-state index contributed by atoms with van der Waals surface area (Å²) >= 11 is 3.28. The first-order valence-electron chi connectivity index (χ1n) is 3.93. The van der Waals surface area contributed by atoms with Crippen LogP contribution in [0, 0.1) is 0 Å². The highest BCUT2D eigenvalue weighted by atomic mass is 79.9. The van der Waals surface area contributed by atoms with Crippen molar-refractivity contribution in [2.75, 3.05) is 14.1 Å². The first kappa shape index (κ1) is 10.2. The van der Waals surface area contributed by atoms with Crippen LogP contribution in [0.4, 0.5) is 0 Å². The third-order valence-corrected chi connectivity index (χ3v) is 2.17. The molecule has 1 atom stereocenters. The fourth-order valence-electron chi connectivity index (χ4n) is 1.01. The van der Waals surface area contributed by atoms with Gasteiger partial charge >= 0.3 is 0 Å². The number of amides is 1. The molecule has 0 aliphatic rings. The van der Waals surface area contributed by atoms with E-state index >= 15 is 0 Å². The number of hydrogen-bond acceptors (Lipinski definition) is 2. The minimum Gasteiger partial charge on any atom is -0.347 e. The fraction of sp³-hybridized carbons (Fsp3) is 0.500. The molecule has 1 unspecified atom stereocenters. The van der Waals surface area contributed by atoms with Crippen LogP contribution in [0.1, 0.15) is 13.0 Å². The summed E-state index contributed by atoms with van der Waals surface area (Å²) in [5.74, 6) is 0.0376. The highest BCUT2D eigenvalue weighted by Crippen LogP contribution is 2.12. The topological polar surface area (TPSA) is 38.1 Å². The summed E-state index contributed by atoms with van der Waals surface area (Å²) in [4.78, 5) is 13.1. The highest BCUT2D eigenvalue weighted by molar-refractivity contribution is 9.10. The van der Waals surface area contributed by atoms with Gasteiger partial charge in [0.1, 0.15) is 6.04 Å². The number of carbonyl (C=O) groups excluding carboxylic acids is 1. The maximum atomic E-state index is 11.5. The zero-order valence-electron chi connectivity index (χ0n) is 7.86. The molecule has 0 aromatic carbocycles. The van der Waals surface area contributed by atoms with Crippen molar-refractivity contribution in [2.45, 2.75) is 13.0 Å². The van der Waals surface area contributed by atoms with E-state index in [9.17, 15) is 4.79 Å². The van der Waals surface area contributed by atoms with E-state index in [-0.39, 0.29) is 11.9 Å². The number of aromatic nitrogens is 2. The minimum absolute atomic E-state index is 0.0376. The molecule has 0 bridgehead atoms. The van der Waals surface area contributed by atoms with E-state index in [2.05, 4.69) is 21.0 Å². The van der Waals surface area contributed by atoms with Crippen molar-refractivity contribution in [1.82, 2.24) is 14.7 Å². The smallest absolute Gasteiger partial charge is 0.246 e. The Balaban J connectivity index is 2.79. The van der Waals surface area contributed by atoms with Gasteiger partial charge in [-0.1, -0.05) is 0 Å². The average Bonchev–Trinajstić information content (AvgIpc) is 2.49. The van der Waals surface area contributed by atoms with Crippen LogP contribution in [-0.2, 0) is 4.79 Å². The van der Waals surface area contributed by atoms with Crippen molar-refractivity contribution < 1.29 is 4.79 Å². The number of carbonyl (C=O) groups is 1. The Morgan fingerprint density at radius 2 is 2.31 bits per heavy atom. The zero-order valence-corrected chi connectivity index (χ0v) is 9.45. The summed E-state index contributed by atoms with van der Waals surface area (Å²) in [6.07, 6.45) is 3.45. The third kappa shape index (κ3) is 2.30. The molecule has 0 saturated heterocycles. The standard InChI is InChI=1S/C8H12BrN3O/c1-6(8(13)11(2)3)12-5-7(9)4-10-12/h4-6H,1-3H3. The van der Waals surface area contributed by atoms with Gasteiger partial charge in [-0.2, -0.15) is 5.10 Å². The van der Waals surface area contributed by atoms with E-state index in [1.54, 1.807) is 36.1 Å². The maximum absolute atomic E-state index is 11.5. The molecule has 0 saturated carbocycles. The Labute approximate surface area is 85.7 Å². The van der Waals surface area contributed by atoms with Crippen LogP contribution < -0.4 is 0 Å². The Hall–Kier alpha value is -0.840. The molecule has 0 aliphatic carbocycles. The highest BCUT2D eigenvalue weighted by Gasteiger charge is 2.16. The lowest BCUT2D eigenvalue weighted by molar-refractivity contribution is -0.131. The zero-order chi connectivity index (χ0) is 10.0. The van der Waals surface area contributed by atoms with Crippen molar-refractivity contribution in [3.63, 3.8) is 0 Å². The summed E-state index contributed by atoms with van der Waals surface area (Å²) in [7, 11) is 3.47. The SMILES string of the molecule is CC(C(=O)N(C)C)n1cc(Br)cn1. The summed E-state index contributed by atoms with van der Waals surface area (Å²) in [5, 5.41) is 4.04. The van der Waals surface area contributed by atoms with Gasteiger partial charge in [0.25, 0.3) is 0 Å².